The molecule has 1 saturated heterocycles. The molecule has 0 spiro atoms. The average molecular weight is 513 g/mol. The van der Waals surface area contributed by atoms with Crippen LogP contribution in [-0.2, 0) is 33.7 Å². The van der Waals surface area contributed by atoms with Crippen LogP contribution in [0.15, 0.2) is 48.5 Å². The highest BCUT2D eigenvalue weighted by atomic mass is 17.5. The van der Waals surface area contributed by atoms with Crippen molar-refractivity contribution in [2.45, 2.75) is 39.4 Å². The van der Waals surface area contributed by atoms with E-state index in [-0.39, 0.29) is 38.4 Å². The highest BCUT2D eigenvalue weighted by Crippen LogP contribution is 2.17. The zero-order valence-electron chi connectivity index (χ0n) is 21.7. The van der Waals surface area contributed by atoms with E-state index in [1.54, 1.807) is 0 Å². The van der Waals surface area contributed by atoms with Crippen molar-refractivity contribution in [1.29, 1.82) is 0 Å². The number of amides is 1. The van der Waals surface area contributed by atoms with Gasteiger partial charge >= 0.3 is 7.12 Å². The molecule has 2 aromatic rings. The minimum atomic E-state index is -0.338. The van der Waals surface area contributed by atoms with Crippen LogP contribution in [0.25, 0.3) is 12.2 Å². The molecule has 1 aliphatic rings. The predicted molar refractivity (Wildman–Crippen MR) is 141 cm³/mol. The lowest BCUT2D eigenvalue weighted by Crippen LogP contribution is -2.32. The Hall–Kier alpha value is -2.73. The number of ether oxygens (including phenoxy) is 2. The molecule has 1 fully saturated rings. The van der Waals surface area contributed by atoms with E-state index >= 15 is 0 Å². The number of nitrogens with one attached hydrogen (secondary N) is 1. The Morgan fingerprint density at radius 2 is 1.54 bits per heavy atom. The van der Waals surface area contributed by atoms with Gasteiger partial charge in [-0.15, -0.1) is 0 Å². The molecular weight excluding hydrogens is 477 g/mol. The Morgan fingerprint density at radius 3 is 2.19 bits per heavy atom. The van der Waals surface area contributed by atoms with Crippen LogP contribution >= 0.6 is 0 Å². The first kappa shape index (κ1) is 28.8. The Morgan fingerprint density at radius 1 is 0.892 bits per heavy atom. The van der Waals surface area contributed by atoms with E-state index < -0.39 is 0 Å². The van der Waals surface area contributed by atoms with Crippen LogP contribution in [0.5, 0.6) is 5.75 Å². The first-order chi connectivity index (χ1) is 18.0. The second kappa shape index (κ2) is 16.2. The van der Waals surface area contributed by atoms with Gasteiger partial charge in [0, 0.05) is 6.61 Å². The van der Waals surface area contributed by atoms with Gasteiger partial charge in [-0.2, -0.15) is 4.89 Å². The zero-order chi connectivity index (χ0) is 26.3. The van der Waals surface area contributed by atoms with Crippen molar-refractivity contribution in [2.24, 2.45) is 0 Å². The molecule has 9 nitrogen and oxygen atoms in total. The molecule has 1 amide bonds. The van der Waals surface area contributed by atoms with Gasteiger partial charge in [0.05, 0.1) is 25.4 Å². The molecule has 1 heterocycles. The van der Waals surface area contributed by atoms with E-state index in [2.05, 4.69) is 15.2 Å². The molecule has 2 atom stereocenters. The quantitative estimate of drug-likeness (QED) is 0.120. The largest absolute Gasteiger partial charge is 0.494 e. The van der Waals surface area contributed by atoms with Crippen LogP contribution in [0.2, 0.25) is 0 Å². The smallest absolute Gasteiger partial charge is 0.492 e. The van der Waals surface area contributed by atoms with Crippen molar-refractivity contribution in [3.63, 3.8) is 0 Å². The molecular formula is C27H36BNO8. The van der Waals surface area contributed by atoms with Crippen LogP contribution in [0, 0.1) is 0 Å². The molecule has 2 aromatic carbocycles. The maximum atomic E-state index is 11.7. The third kappa shape index (κ3) is 10.7. The van der Waals surface area contributed by atoms with Gasteiger partial charge in [0.1, 0.15) is 19.0 Å². The van der Waals surface area contributed by atoms with E-state index in [9.17, 15) is 4.79 Å². The number of hydrogen-bond acceptors (Lipinski definition) is 8. The van der Waals surface area contributed by atoms with Crippen LogP contribution in [0.3, 0.4) is 0 Å². The monoisotopic (exact) mass is 513 g/mol. The van der Waals surface area contributed by atoms with Crippen molar-refractivity contribution >= 4 is 30.6 Å². The molecule has 0 radical (unpaired) electrons. The number of hydrogen-bond donors (Lipinski definition) is 1. The standard InChI is InChI=1S/C27H36BNO8/c1-4-16-31-18-19-33-37-34-20-27(30)29-15-17-32-26-13-9-24(10-14-26)6-5-23-7-11-25(12-8-23)28-35-21(2)22(3)36-28/h5-14,21-22H,4,15-20H2,1-3H3,(H,29,30). The van der Waals surface area contributed by atoms with E-state index in [0.717, 1.165) is 23.0 Å². The summed E-state index contributed by atoms with van der Waals surface area (Å²) in [6.45, 7) is 7.73. The lowest BCUT2D eigenvalue weighted by Gasteiger charge is -2.08. The summed E-state index contributed by atoms with van der Waals surface area (Å²) in [5.41, 5.74) is 3.15. The Labute approximate surface area is 219 Å². The van der Waals surface area contributed by atoms with E-state index in [1.807, 2.05) is 81.5 Å². The fraction of sp³-hybridized carbons (Fsp3) is 0.444. The number of rotatable bonds is 16. The maximum absolute atomic E-state index is 11.7. The molecule has 0 saturated carbocycles. The van der Waals surface area contributed by atoms with Crippen LogP contribution in [0.4, 0.5) is 0 Å². The molecule has 0 bridgehead atoms. The van der Waals surface area contributed by atoms with Crippen molar-refractivity contribution < 1.29 is 38.4 Å². The summed E-state index contributed by atoms with van der Waals surface area (Å²) in [7, 11) is -0.299. The second-order valence-corrected chi connectivity index (χ2v) is 8.55. The fourth-order valence-electron chi connectivity index (χ4n) is 3.33. The fourth-order valence-corrected chi connectivity index (χ4v) is 3.33. The second-order valence-electron chi connectivity index (χ2n) is 8.55. The Balaban J connectivity index is 1.28. The third-order valence-electron chi connectivity index (χ3n) is 5.53. The van der Waals surface area contributed by atoms with Crippen LogP contribution in [0.1, 0.15) is 38.3 Å². The van der Waals surface area contributed by atoms with Gasteiger partial charge in [0.2, 0.25) is 5.91 Å². The number of benzene rings is 2. The van der Waals surface area contributed by atoms with Crippen molar-refractivity contribution in [2.75, 3.05) is 39.6 Å². The maximum Gasteiger partial charge on any atom is 0.494 e. The van der Waals surface area contributed by atoms with Crippen molar-refractivity contribution in [3.8, 4) is 5.75 Å². The lowest BCUT2D eigenvalue weighted by molar-refractivity contribution is -0.509. The molecule has 37 heavy (non-hydrogen) atoms. The first-order valence-corrected chi connectivity index (χ1v) is 12.6. The van der Waals surface area contributed by atoms with Gasteiger partial charge in [0.15, 0.2) is 6.61 Å². The minimum absolute atomic E-state index is 0.0941. The minimum Gasteiger partial charge on any atom is -0.492 e. The Bertz CT molecular complexity index is 944. The molecule has 200 valence electrons. The van der Waals surface area contributed by atoms with E-state index in [1.165, 1.54) is 0 Å². The SMILES string of the molecule is CCCOCCOOOCC(=O)NCCOc1ccc(C=Cc2ccc(B3OC(C)C(C)O3)cc2)cc1. The summed E-state index contributed by atoms with van der Waals surface area (Å²) in [6, 6.07) is 15.9. The van der Waals surface area contributed by atoms with Crippen LogP contribution in [-0.4, -0.2) is 64.8 Å². The van der Waals surface area contributed by atoms with Gasteiger partial charge < -0.3 is 24.1 Å². The highest BCUT2D eigenvalue weighted by Gasteiger charge is 2.35. The summed E-state index contributed by atoms with van der Waals surface area (Å²) in [5, 5.41) is 7.14. The molecule has 2 unspecified atom stereocenters. The number of carbonyl (C=O) groups is 1. The van der Waals surface area contributed by atoms with Gasteiger partial charge in [-0.3, -0.25) is 4.79 Å². The van der Waals surface area contributed by atoms with Crippen molar-refractivity contribution in [3.05, 3.63) is 59.7 Å². The molecule has 1 N–H and O–H groups in total. The predicted octanol–water partition coefficient (Wildman–Crippen LogP) is 3.18. The zero-order valence-corrected chi connectivity index (χ0v) is 21.7. The van der Waals surface area contributed by atoms with Crippen LogP contribution < -0.4 is 15.5 Å². The highest BCUT2D eigenvalue weighted by molar-refractivity contribution is 6.61. The van der Waals surface area contributed by atoms with Gasteiger partial charge in [-0.25, -0.2) is 4.89 Å². The molecule has 1 aliphatic heterocycles. The normalized spacial score (nSPS) is 17.4. The third-order valence-corrected chi connectivity index (χ3v) is 5.53. The van der Waals surface area contributed by atoms with E-state index in [4.69, 9.17) is 23.7 Å². The van der Waals surface area contributed by atoms with E-state index in [0.29, 0.717) is 32.1 Å². The first-order valence-electron chi connectivity index (χ1n) is 12.6. The van der Waals surface area contributed by atoms with Gasteiger partial charge in [-0.1, -0.05) is 60.5 Å². The number of carbonyl (C=O) groups excluding carboxylic acids is 1. The molecule has 10 heteroatoms. The molecule has 0 aromatic heterocycles. The summed E-state index contributed by atoms with van der Waals surface area (Å²) in [6.07, 6.45) is 5.21. The summed E-state index contributed by atoms with van der Waals surface area (Å²) in [5.74, 6) is 0.379. The summed E-state index contributed by atoms with van der Waals surface area (Å²) >= 11 is 0. The lowest BCUT2D eigenvalue weighted by atomic mass is 9.79. The van der Waals surface area contributed by atoms with Gasteiger partial charge in [0.25, 0.3) is 0 Å². The molecule has 3 rings (SSSR count). The van der Waals surface area contributed by atoms with Crippen molar-refractivity contribution in [1.82, 2.24) is 5.32 Å². The Kier molecular flexibility index (Phi) is 12.6. The average Bonchev–Trinajstić information content (AvgIpc) is 3.25. The topological polar surface area (TPSA) is 93.7 Å². The van der Waals surface area contributed by atoms with Gasteiger partial charge in [-0.05, 0) is 49.0 Å². The summed E-state index contributed by atoms with van der Waals surface area (Å²) in [4.78, 5) is 21.1. The summed E-state index contributed by atoms with van der Waals surface area (Å²) < 4.78 is 22.5. The molecule has 0 aliphatic carbocycles.